The molecule has 4 aliphatic heterocycles. The molecule has 37 heteroatoms. The molecule has 4 aromatic carbocycles. The minimum Gasteiger partial charge on any atom is -0.456 e. The zero-order chi connectivity index (χ0) is 97.3. The number of ether oxygens (including phenoxy) is 8. The fourth-order valence-electron chi connectivity index (χ4n) is 17.7. The molecule has 0 saturated carbocycles. The number of benzene rings is 4. The van der Waals surface area contributed by atoms with Crippen LogP contribution in [0, 0.1) is 27.7 Å². The van der Waals surface area contributed by atoms with E-state index in [1.54, 1.807) is 197 Å². The number of hydrogen-bond donors (Lipinski definition) is 2. The van der Waals surface area contributed by atoms with Crippen LogP contribution in [0.2, 0.25) is 0 Å². The van der Waals surface area contributed by atoms with Crippen LogP contribution in [0.25, 0.3) is 81.2 Å². The van der Waals surface area contributed by atoms with Crippen molar-refractivity contribution in [3.05, 3.63) is 207 Å². The molecule has 8 amide bonds. The Hall–Kier alpha value is -12.1. The summed E-state index contributed by atoms with van der Waals surface area (Å²) in [5.74, 6) is 5.01. The Bertz CT molecular complexity index is 7380. The standard InChI is InChI=1S/C26H27N3O4S2.C25H25N3O5S2.2C25H25N3O4S2/c1-15-23(26(31)28(2)3)18-8-7-17(12-21(18)34-15)33-20-9-10-27-19-13-22(35-24(19)20)25(30)29-11-5-6-16(29)14-32-4;1-13-22(24(29)26-2)15-6-5-14(9-20(15)34-13)33-17-7-8-27-16-10-21(35-23(16)17)25(30)28-11-18(31-3)19(12-28)32-4;1-14-22(25(30)27(2)3)17-6-5-15(11-20(17)33-14)32-19-7-9-26-18-12-21(34-23(18)19)24(29)28-10-8-16(13-28)31-4;1-14-22(25(31)27(2)3)17-7-6-16(11-20(17)33-14)32-19-8-9-26-18-12-21(34-23(18)19)24(30)28-10-4-5-15(28)13-29/h7-10,12-13,16H,5-6,11,14H2,1-4H3;5-10,18-19H,11-12H2,1-4H3,(H,26,29);5-7,9,11-12,16H,8,10,13H2,1-4H3;6-9,11-12,15,29H,4-5,10,13H2,1-3H3/t16-;18-,19+;16-;15-/m0.10/s1. The fourth-order valence-corrected chi connectivity index (χ4v) is 26.1. The Kier molecular flexibility index (Phi) is 29.6. The number of nitrogens with one attached hydrogen (secondary N) is 1. The number of aromatic nitrogens is 4. The first-order chi connectivity index (χ1) is 66.5. The van der Waals surface area contributed by atoms with Crippen LogP contribution in [-0.2, 0) is 18.9 Å². The zero-order valence-electron chi connectivity index (χ0n) is 78.6. The molecular weight excluding hydrogens is 1910 g/mol. The number of thiophene rings is 8. The number of pyridine rings is 4. The number of carbonyl (C=O) groups excluding carboxylic acids is 8. The van der Waals surface area contributed by atoms with Gasteiger partial charge in [-0.05, 0) is 157 Å². The number of amides is 8. The maximum absolute atomic E-state index is 13.2. The van der Waals surface area contributed by atoms with Crippen molar-refractivity contribution in [2.24, 2.45) is 0 Å². The Balaban J connectivity index is 0.000000127. The molecule has 12 aromatic heterocycles. The quantitative estimate of drug-likeness (QED) is 0.0636. The van der Waals surface area contributed by atoms with Gasteiger partial charge in [0.25, 0.3) is 47.3 Å². The van der Waals surface area contributed by atoms with Gasteiger partial charge in [-0.3, -0.25) is 58.3 Å². The van der Waals surface area contributed by atoms with Gasteiger partial charge < -0.3 is 82.6 Å². The highest BCUT2D eigenvalue weighted by atomic mass is 32.1. The molecule has 138 heavy (non-hydrogen) atoms. The summed E-state index contributed by atoms with van der Waals surface area (Å²) in [7, 11) is 18.8. The summed E-state index contributed by atoms with van der Waals surface area (Å²) in [6, 6.07) is 37.5. The number of methoxy groups -OCH3 is 4. The van der Waals surface area contributed by atoms with Crippen molar-refractivity contribution in [3.63, 3.8) is 0 Å². The monoisotopic (exact) mass is 2010 g/mol. The maximum atomic E-state index is 13.2. The van der Waals surface area contributed by atoms with Gasteiger partial charge in [0, 0.05) is 226 Å². The number of aliphatic hydroxyl groups is 1. The van der Waals surface area contributed by atoms with Crippen molar-refractivity contribution >= 4 is 219 Å². The van der Waals surface area contributed by atoms with E-state index in [-0.39, 0.29) is 84.3 Å². The molecule has 4 saturated heterocycles. The first kappa shape index (κ1) is 97.6. The molecule has 5 atom stereocenters. The summed E-state index contributed by atoms with van der Waals surface area (Å²) in [6.45, 7) is 12.0. The largest absolute Gasteiger partial charge is 0.456 e. The predicted octanol–water partition coefficient (Wildman–Crippen LogP) is 20.1. The minimum absolute atomic E-state index is 0.000201. The number of likely N-dealkylation sites (tertiary alicyclic amines) is 4. The van der Waals surface area contributed by atoms with E-state index < -0.39 is 0 Å². The SMILES string of the molecule is CNC(=O)c1c(C)sc2cc(Oc3ccnc4cc(C(=O)N5C[C@H](OC)[C@H](OC)C5)sc34)ccc12.COC[C@@H]1CCCN1C(=O)c1cc2nccc(Oc3ccc4c(C(=O)N(C)C)c(C)sc4c3)c2s1.CO[C@@H]1CCN(C(=O)c2cc3nccc(Oc4ccc5c(C(=O)N(C)C)c(C)sc5c4)c3s2)C1.Cc1sc2cc(Oc3ccnc4cc(C(=O)N5CCC[C@H]5CO)sc34)ccc2c1C(=O)N(C)C. The summed E-state index contributed by atoms with van der Waals surface area (Å²) in [4.78, 5) is 139. The van der Waals surface area contributed by atoms with Crippen LogP contribution in [0.3, 0.4) is 0 Å². The second-order valence-electron chi connectivity index (χ2n) is 34.3. The molecule has 0 unspecified atom stereocenters. The Morgan fingerprint density at radius 2 is 0.717 bits per heavy atom. The second kappa shape index (κ2) is 41.9. The van der Waals surface area contributed by atoms with Crippen LogP contribution < -0.4 is 24.3 Å². The maximum Gasteiger partial charge on any atom is 0.264 e. The van der Waals surface area contributed by atoms with E-state index in [9.17, 15) is 43.5 Å². The van der Waals surface area contributed by atoms with Crippen LogP contribution in [0.15, 0.2) is 146 Å². The van der Waals surface area contributed by atoms with Crippen LogP contribution in [-0.4, -0.2) is 267 Å². The molecule has 0 spiro atoms. The molecular formula is C101H102N12O17S8. The summed E-state index contributed by atoms with van der Waals surface area (Å²) in [6.07, 6.45) is 11.1. The molecule has 716 valence electrons. The van der Waals surface area contributed by atoms with Gasteiger partial charge in [0.05, 0.1) is 114 Å². The number of rotatable bonds is 22. The lowest BCUT2D eigenvalue weighted by Gasteiger charge is -2.23. The highest BCUT2D eigenvalue weighted by Crippen LogP contribution is 2.46. The van der Waals surface area contributed by atoms with Crippen molar-refractivity contribution in [3.8, 4) is 46.0 Å². The smallest absolute Gasteiger partial charge is 0.264 e. The van der Waals surface area contributed by atoms with Gasteiger partial charge in [0.15, 0.2) is 0 Å². The van der Waals surface area contributed by atoms with Crippen molar-refractivity contribution in [1.82, 2.24) is 59.6 Å². The van der Waals surface area contributed by atoms with E-state index in [2.05, 4.69) is 25.3 Å². The minimum atomic E-state index is -0.143. The Morgan fingerprint density at radius 1 is 0.391 bits per heavy atom. The molecule has 2 N–H and O–H groups in total. The van der Waals surface area contributed by atoms with E-state index >= 15 is 0 Å². The average Bonchev–Trinajstić information content (AvgIpc) is 1.64. The molecule has 16 heterocycles. The van der Waals surface area contributed by atoms with Gasteiger partial charge in [-0.1, -0.05) is 0 Å². The number of aryl methyl sites for hydroxylation is 4. The van der Waals surface area contributed by atoms with Crippen molar-refractivity contribution in [2.75, 3.05) is 130 Å². The fraction of sp³-hybridized carbons (Fsp3) is 0.327. The van der Waals surface area contributed by atoms with E-state index in [1.165, 1.54) is 45.3 Å². The van der Waals surface area contributed by atoms with Crippen LogP contribution in [0.4, 0.5) is 0 Å². The van der Waals surface area contributed by atoms with Crippen LogP contribution in [0.1, 0.15) is 132 Å². The lowest BCUT2D eigenvalue weighted by Crippen LogP contribution is -2.37. The number of nitrogens with zero attached hydrogens (tertiary/aromatic N) is 11. The summed E-state index contributed by atoms with van der Waals surface area (Å²) < 4.78 is 53.8. The third kappa shape index (κ3) is 20.0. The van der Waals surface area contributed by atoms with Crippen LogP contribution >= 0.6 is 90.7 Å². The molecule has 29 nitrogen and oxygen atoms in total. The van der Waals surface area contributed by atoms with Gasteiger partial charge in [-0.25, -0.2) is 0 Å². The number of carbonyl (C=O) groups is 8. The van der Waals surface area contributed by atoms with Crippen LogP contribution in [0.5, 0.6) is 46.0 Å². The molecule has 4 aliphatic rings. The molecule has 0 radical (unpaired) electrons. The lowest BCUT2D eigenvalue weighted by atomic mass is 10.1. The van der Waals surface area contributed by atoms with E-state index in [0.717, 1.165) is 145 Å². The molecule has 20 rings (SSSR count). The topological polar surface area (TPSA) is 317 Å². The Labute approximate surface area is 827 Å². The van der Waals surface area contributed by atoms with Gasteiger partial charge in [0.1, 0.15) is 58.2 Å². The van der Waals surface area contributed by atoms with Gasteiger partial charge >= 0.3 is 0 Å². The number of hydrogen-bond acceptors (Lipinski definition) is 29. The Morgan fingerprint density at radius 3 is 1.04 bits per heavy atom. The highest BCUT2D eigenvalue weighted by molar-refractivity contribution is 7.23. The summed E-state index contributed by atoms with van der Waals surface area (Å²) in [5, 5.41) is 16.0. The number of fused-ring (bicyclic) bond motifs is 8. The normalized spacial score (nSPS) is 16.4. The van der Waals surface area contributed by atoms with E-state index in [4.69, 9.17) is 37.9 Å². The number of aliphatic hydroxyl groups excluding tert-OH is 1. The highest BCUT2D eigenvalue weighted by Gasteiger charge is 2.39. The first-order valence-corrected chi connectivity index (χ1v) is 51.2. The lowest BCUT2D eigenvalue weighted by molar-refractivity contribution is -0.00461. The van der Waals surface area contributed by atoms with Crippen molar-refractivity contribution < 1.29 is 81.4 Å². The predicted molar refractivity (Wildman–Crippen MR) is 548 cm³/mol. The molecule has 0 aliphatic carbocycles. The third-order valence-electron chi connectivity index (χ3n) is 24.6. The molecule has 0 bridgehead atoms. The average molecular weight is 2010 g/mol. The second-order valence-corrected chi connectivity index (χ2v) is 43.5. The van der Waals surface area contributed by atoms with E-state index in [0.29, 0.717) is 121 Å². The molecule has 16 aromatic rings. The van der Waals surface area contributed by atoms with Crippen molar-refractivity contribution in [2.45, 2.75) is 90.2 Å². The third-order valence-corrected chi connectivity index (χ3v) is 33.4. The first-order valence-electron chi connectivity index (χ1n) is 44.7. The molecule has 4 fully saturated rings. The van der Waals surface area contributed by atoms with Crippen molar-refractivity contribution in [1.29, 1.82) is 0 Å². The van der Waals surface area contributed by atoms with Gasteiger partial charge in [-0.15, -0.1) is 90.7 Å². The van der Waals surface area contributed by atoms with E-state index in [1.807, 2.05) is 135 Å². The zero-order valence-corrected chi connectivity index (χ0v) is 85.1. The summed E-state index contributed by atoms with van der Waals surface area (Å²) in [5.41, 5.74) is 5.79. The summed E-state index contributed by atoms with van der Waals surface area (Å²) >= 11 is 11.8. The van der Waals surface area contributed by atoms with Gasteiger partial charge in [-0.2, -0.15) is 0 Å². The van der Waals surface area contributed by atoms with Gasteiger partial charge in [0.2, 0.25) is 0 Å².